The van der Waals surface area contributed by atoms with Gasteiger partial charge in [0.25, 0.3) is 0 Å². The van der Waals surface area contributed by atoms with Gasteiger partial charge in [-0.2, -0.15) is 0 Å². The van der Waals surface area contributed by atoms with Gasteiger partial charge >= 0.3 is 6.09 Å². The van der Waals surface area contributed by atoms with E-state index in [1.807, 2.05) is 20.8 Å². The van der Waals surface area contributed by atoms with Gasteiger partial charge < -0.3 is 14.5 Å². The summed E-state index contributed by atoms with van der Waals surface area (Å²) in [6, 6.07) is 0.339. The topological polar surface area (TPSA) is 49.9 Å². The normalized spacial score (nSPS) is 26.9. The van der Waals surface area contributed by atoms with Crippen LogP contribution in [0.5, 0.6) is 0 Å². The van der Waals surface area contributed by atoms with Crippen LogP contribution in [-0.4, -0.2) is 53.1 Å². The van der Waals surface area contributed by atoms with E-state index in [0.29, 0.717) is 31.0 Å². The number of carbonyl (C=O) groups excluding carboxylic acids is 2. The largest absolute Gasteiger partial charge is 0.444 e. The number of nitrogens with zero attached hydrogens (tertiary/aromatic N) is 2. The van der Waals surface area contributed by atoms with Crippen LogP contribution in [0.15, 0.2) is 0 Å². The quantitative estimate of drug-likeness (QED) is 0.733. The number of hydrogen-bond donors (Lipinski definition) is 0. The lowest BCUT2D eigenvalue weighted by molar-refractivity contribution is -0.139. The van der Waals surface area contributed by atoms with Crippen molar-refractivity contribution in [3.05, 3.63) is 0 Å². The fourth-order valence-corrected chi connectivity index (χ4v) is 3.70. The van der Waals surface area contributed by atoms with Crippen molar-refractivity contribution in [1.29, 1.82) is 0 Å². The Morgan fingerprint density at radius 1 is 1.00 bits per heavy atom. The van der Waals surface area contributed by atoms with Gasteiger partial charge in [0.15, 0.2) is 0 Å². The predicted octanol–water partition coefficient (Wildman–Crippen LogP) is 3.67. The highest BCUT2D eigenvalue weighted by Crippen LogP contribution is 2.26. The minimum absolute atomic E-state index is 0.0523. The van der Waals surface area contributed by atoms with E-state index in [1.54, 1.807) is 4.90 Å². The van der Waals surface area contributed by atoms with E-state index >= 15 is 0 Å². The molecular weight excluding hydrogens is 304 g/mol. The van der Waals surface area contributed by atoms with E-state index < -0.39 is 5.60 Å². The lowest BCUT2D eigenvalue weighted by Crippen LogP contribution is -2.48. The molecule has 2 aliphatic rings. The molecule has 0 aliphatic carbocycles. The third-order valence-corrected chi connectivity index (χ3v) is 5.14. The maximum absolute atomic E-state index is 13.0. The van der Waals surface area contributed by atoms with Gasteiger partial charge in [0.2, 0.25) is 5.91 Å². The molecule has 2 heterocycles. The second-order valence-electron chi connectivity index (χ2n) is 8.62. The first-order valence-corrected chi connectivity index (χ1v) is 9.46. The molecular formula is C19H34N2O3. The summed E-state index contributed by atoms with van der Waals surface area (Å²) in [5.74, 6) is 0.928. The Bertz CT molecular complexity index is 450. The zero-order chi connectivity index (χ0) is 17.9. The number of rotatable bonds is 1. The molecule has 0 saturated carbocycles. The highest BCUT2D eigenvalue weighted by atomic mass is 16.6. The van der Waals surface area contributed by atoms with E-state index in [4.69, 9.17) is 4.74 Å². The van der Waals surface area contributed by atoms with Crippen LogP contribution in [0.3, 0.4) is 0 Å². The van der Waals surface area contributed by atoms with Gasteiger partial charge in [-0.25, -0.2) is 4.79 Å². The summed E-state index contributed by atoms with van der Waals surface area (Å²) in [7, 11) is 0. The van der Waals surface area contributed by atoms with Gasteiger partial charge in [-0.05, 0) is 59.3 Å². The summed E-state index contributed by atoms with van der Waals surface area (Å²) in [6.45, 7) is 12.2. The Morgan fingerprint density at radius 3 is 2.21 bits per heavy atom. The summed E-state index contributed by atoms with van der Waals surface area (Å²) in [5.41, 5.74) is -0.471. The van der Waals surface area contributed by atoms with Gasteiger partial charge in [0.1, 0.15) is 5.60 Å². The first-order valence-electron chi connectivity index (χ1n) is 9.46. The van der Waals surface area contributed by atoms with Crippen molar-refractivity contribution in [1.82, 2.24) is 9.80 Å². The third kappa shape index (κ3) is 5.12. The molecule has 2 atom stereocenters. The second kappa shape index (κ2) is 7.75. The number of hydrogen-bond acceptors (Lipinski definition) is 3. The van der Waals surface area contributed by atoms with Crippen LogP contribution in [0.25, 0.3) is 0 Å². The van der Waals surface area contributed by atoms with Crippen molar-refractivity contribution in [2.75, 3.05) is 19.6 Å². The monoisotopic (exact) mass is 338 g/mol. The van der Waals surface area contributed by atoms with Crippen LogP contribution < -0.4 is 0 Å². The molecule has 24 heavy (non-hydrogen) atoms. The number of piperidine rings is 1. The molecule has 5 nitrogen and oxygen atoms in total. The van der Waals surface area contributed by atoms with Crippen LogP contribution in [0.4, 0.5) is 4.79 Å². The van der Waals surface area contributed by atoms with Crippen molar-refractivity contribution >= 4 is 12.0 Å². The highest BCUT2D eigenvalue weighted by molar-refractivity contribution is 5.79. The van der Waals surface area contributed by atoms with E-state index in [-0.39, 0.29) is 12.0 Å². The van der Waals surface area contributed by atoms with E-state index in [2.05, 4.69) is 18.7 Å². The van der Waals surface area contributed by atoms with Gasteiger partial charge in [0.05, 0.1) is 0 Å². The van der Waals surface area contributed by atoms with Crippen LogP contribution in [0.2, 0.25) is 0 Å². The molecule has 0 unspecified atom stereocenters. The molecule has 0 N–H and O–H groups in total. The van der Waals surface area contributed by atoms with Crippen LogP contribution >= 0.6 is 0 Å². The van der Waals surface area contributed by atoms with Crippen molar-refractivity contribution < 1.29 is 14.3 Å². The fraction of sp³-hybridized carbons (Fsp3) is 0.895. The Labute approximate surface area is 146 Å². The Balaban J connectivity index is 1.89. The fourth-order valence-electron chi connectivity index (χ4n) is 3.70. The van der Waals surface area contributed by atoms with E-state index in [0.717, 1.165) is 25.8 Å². The second-order valence-corrected chi connectivity index (χ2v) is 8.62. The molecule has 2 saturated heterocycles. The van der Waals surface area contributed by atoms with Crippen LogP contribution in [-0.2, 0) is 9.53 Å². The maximum Gasteiger partial charge on any atom is 0.410 e. The molecule has 5 heteroatoms. The van der Waals surface area contributed by atoms with Crippen molar-refractivity contribution in [3.63, 3.8) is 0 Å². The van der Waals surface area contributed by atoms with Gasteiger partial charge in [0, 0.05) is 31.6 Å². The Morgan fingerprint density at radius 2 is 1.62 bits per heavy atom. The first-order chi connectivity index (χ1) is 11.2. The zero-order valence-corrected chi connectivity index (χ0v) is 16.0. The zero-order valence-electron chi connectivity index (χ0n) is 16.0. The smallest absolute Gasteiger partial charge is 0.410 e. The Hall–Kier alpha value is -1.26. The van der Waals surface area contributed by atoms with Crippen LogP contribution in [0, 0.1) is 11.8 Å². The molecule has 2 fully saturated rings. The predicted molar refractivity (Wildman–Crippen MR) is 94.7 cm³/mol. The van der Waals surface area contributed by atoms with Gasteiger partial charge in [-0.1, -0.05) is 13.3 Å². The average molecular weight is 338 g/mol. The molecule has 0 aromatic heterocycles. The molecule has 138 valence electrons. The number of ether oxygens (including phenoxy) is 1. The number of carbonyl (C=O) groups is 2. The first kappa shape index (κ1) is 19.1. The Kier molecular flexibility index (Phi) is 6.16. The van der Waals surface area contributed by atoms with Crippen molar-refractivity contribution in [2.45, 2.75) is 78.4 Å². The minimum Gasteiger partial charge on any atom is -0.444 e. The van der Waals surface area contributed by atoms with Crippen LogP contribution in [0.1, 0.15) is 66.7 Å². The van der Waals surface area contributed by atoms with Gasteiger partial charge in [-0.3, -0.25) is 4.79 Å². The summed E-state index contributed by atoms with van der Waals surface area (Å²) < 4.78 is 5.43. The van der Waals surface area contributed by atoms with Crippen molar-refractivity contribution in [3.8, 4) is 0 Å². The minimum atomic E-state index is -0.471. The molecule has 0 aromatic carbocycles. The maximum atomic E-state index is 13.0. The number of amides is 2. The standard InChI is InChI=1S/C19H34N2O3/c1-14-7-6-8-15(2)21(13-14)17(22)16-9-11-20(12-10-16)18(23)24-19(3,4)5/h14-16H,6-13H2,1-5H3/t14-,15-/m0/s1. The summed E-state index contributed by atoms with van der Waals surface area (Å²) in [5, 5.41) is 0. The lowest BCUT2D eigenvalue weighted by Gasteiger charge is -2.37. The summed E-state index contributed by atoms with van der Waals surface area (Å²) in [4.78, 5) is 28.9. The summed E-state index contributed by atoms with van der Waals surface area (Å²) in [6.07, 6.45) is 4.76. The molecule has 0 aromatic rings. The SMILES string of the molecule is C[C@H]1CCC[C@H](C)N(C(=O)C2CCN(C(=O)OC(C)(C)C)CC2)C1. The van der Waals surface area contributed by atoms with E-state index in [9.17, 15) is 9.59 Å². The lowest BCUT2D eigenvalue weighted by atomic mass is 9.94. The van der Waals surface area contributed by atoms with E-state index in [1.165, 1.54) is 12.8 Å². The van der Waals surface area contributed by atoms with Gasteiger partial charge in [-0.15, -0.1) is 0 Å². The molecule has 0 spiro atoms. The number of likely N-dealkylation sites (tertiary alicyclic amines) is 2. The molecule has 0 bridgehead atoms. The average Bonchev–Trinajstić information content (AvgIpc) is 2.66. The summed E-state index contributed by atoms with van der Waals surface area (Å²) >= 11 is 0. The molecule has 2 amide bonds. The molecule has 0 radical (unpaired) electrons. The molecule has 2 aliphatic heterocycles. The molecule has 2 rings (SSSR count). The third-order valence-electron chi connectivity index (χ3n) is 5.14. The highest BCUT2D eigenvalue weighted by Gasteiger charge is 2.34. The van der Waals surface area contributed by atoms with Crippen molar-refractivity contribution in [2.24, 2.45) is 11.8 Å².